The third kappa shape index (κ3) is 2.71. The molecule has 0 aliphatic heterocycles. The summed E-state index contributed by atoms with van der Waals surface area (Å²) in [7, 11) is 0. The van der Waals surface area contributed by atoms with Crippen LogP contribution in [0.15, 0.2) is 29.9 Å². The number of nitrogens with one attached hydrogen (secondary N) is 1. The first-order chi connectivity index (χ1) is 7.92. The van der Waals surface area contributed by atoms with E-state index in [9.17, 15) is 0 Å². The monoisotopic (exact) mass is 235 g/mol. The molecule has 2 rings (SSSR count). The molecule has 0 saturated carbocycles. The van der Waals surface area contributed by atoms with Crippen LogP contribution in [0.5, 0.6) is 0 Å². The zero-order chi connectivity index (χ0) is 11.2. The smallest absolute Gasteiger partial charge is 0.149 e. The summed E-state index contributed by atoms with van der Waals surface area (Å²) < 4.78 is 2.23. The van der Waals surface area contributed by atoms with Gasteiger partial charge >= 0.3 is 0 Å². The fourth-order valence-corrected chi connectivity index (χ4v) is 2.41. The Morgan fingerprint density at radius 1 is 1.50 bits per heavy atom. The molecule has 16 heavy (non-hydrogen) atoms. The highest BCUT2D eigenvalue weighted by Crippen LogP contribution is 2.22. The van der Waals surface area contributed by atoms with Crippen molar-refractivity contribution >= 4 is 11.3 Å². The Bertz CT molecular complexity index is 406. The molecule has 0 atom stereocenters. The zero-order valence-electron chi connectivity index (χ0n) is 9.52. The highest BCUT2D eigenvalue weighted by molar-refractivity contribution is 7.13. The molecule has 0 saturated heterocycles. The van der Waals surface area contributed by atoms with Crippen molar-refractivity contribution in [1.29, 1.82) is 0 Å². The van der Waals surface area contributed by atoms with Crippen LogP contribution in [-0.2, 0) is 6.54 Å². The van der Waals surface area contributed by atoms with Gasteiger partial charge in [0.2, 0.25) is 0 Å². The number of imidazole rings is 1. The number of nitrogens with zero attached hydrogens (tertiary/aromatic N) is 2. The third-order valence-electron chi connectivity index (χ3n) is 2.46. The van der Waals surface area contributed by atoms with Crippen molar-refractivity contribution in [3.05, 3.63) is 29.9 Å². The largest absolute Gasteiger partial charge is 0.330 e. The summed E-state index contributed by atoms with van der Waals surface area (Å²) in [6.07, 6.45) is 5.08. The van der Waals surface area contributed by atoms with Crippen molar-refractivity contribution in [2.24, 2.45) is 0 Å². The second-order valence-electron chi connectivity index (χ2n) is 3.63. The quantitative estimate of drug-likeness (QED) is 0.780. The fourth-order valence-electron chi connectivity index (χ4n) is 1.67. The van der Waals surface area contributed by atoms with Gasteiger partial charge < -0.3 is 9.88 Å². The van der Waals surface area contributed by atoms with Crippen molar-refractivity contribution in [3.63, 3.8) is 0 Å². The molecule has 0 aromatic carbocycles. The molecule has 0 fully saturated rings. The van der Waals surface area contributed by atoms with E-state index in [-0.39, 0.29) is 0 Å². The average molecular weight is 235 g/mol. The standard InChI is InChI=1S/C12H17N3S/c1-2-13-6-4-8-15-9-7-14-12(15)11-5-3-10-16-11/h3,5,7,9-10,13H,2,4,6,8H2,1H3. The number of hydrogen-bond donors (Lipinski definition) is 1. The molecular weight excluding hydrogens is 218 g/mol. The van der Waals surface area contributed by atoms with Gasteiger partial charge in [-0.3, -0.25) is 0 Å². The van der Waals surface area contributed by atoms with Gasteiger partial charge in [0.25, 0.3) is 0 Å². The van der Waals surface area contributed by atoms with E-state index in [2.05, 4.69) is 45.5 Å². The van der Waals surface area contributed by atoms with Gasteiger partial charge in [0, 0.05) is 18.9 Å². The van der Waals surface area contributed by atoms with Gasteiger partial charge in [-0.2, -0.15) is 0 Å². The topological polar surface area (TPSA) is 29.9 Å². The van der Waals surface area contributed by atoms with Gasteiger partial charge in [0.1, 0.15) is 5.82 Å². The first kappa shape index (κ1) is 11.4. The van der Waals surface area contributed by atoms with E-state index in [0.29, 0.717) is 0 Å². The van der Waals surface area contributed by atoms with Crippen molar-refractivity contribution in [2.45, 2.75) is 19.9 Å². The highest BCUT2D eigenvalue weighted by atomic mass is 32.1. The zero-order valence-corrected chi connectivity index (χ0v) is 10.3. The lowest BCUT2D eigenvalue weighted by molar-refractivity contribution is 0.596. The van der Waals surface area contributed by atoms with Crippen LogP contribution in [0, 0.1) is 0 Å². The number of thiophene rings is 1. The van der Waals surface area contributed by atoms with E-state index in [0.717, 1.165) is 31.9 Å². The second-order valence-corrected chi connectivity index (χ2v) is 4.58. The predicted octanol–water partition coefficient (Wildman–Crippen LogP) is 2.61. The lowest BCUT2D eigenvalue weighted by Crippen LogP contribution is -2.16. The van der Waals surface area contributed by atoms with Crippen LogP contribution in [0.2, 0.25) is 0 Å². The van der Waals surface area contributed by atoms with Crippen LogP contribution < -0.4 is 5.32 Å². The summed E-state index contributed by atoms with van der Waals surface area (Å²) in [4.78, 5) is 5.65. The van der Waals surface area contributed by atoms with E-state index in [1.54, 1.807) is 11.3 Å². The molecule has 3 nitrogen and oxygen atoms in total. The summed E-state index contributed by atoms with van der Waals surface area (Å²) in [6, 6.07) is 4.19. The predicted molar refractivity (Wildman–Crippen MR) is 68.7 cm³/mol. The van der Waals surface area contributed by atoms with Crippen molar-refractivity contribution in [3.8, 4) is 10.7 Å². The van der Waals surface area contributed by atoms with Crippen LogP contribution in [0.3, 0.4) is 0 Å². The Labute approximate surface area is 100 Å². The number of aryl methyl sites for hydroxylation is 1. The first-order valence-electron chi connectivity index (χ1n) is 5.67. The van der Waals surface area contributed by atoms with Crippen molar-refractivity contribution in [2.75, 3.05) is 13.1 Å². The molecule has 2 heterocycles. The molecule has 2 aromatic rings. The molecule has 0 aliphatic carbocycles. The van der Waals surface area contributed by atoms with Crippen molar-refractivity contribution in [1.82, 2.24) is 14.9 Å². The van der Waals surface area contributed by atoms with Crippen LogP contribution in [0.1, 0.15) is 13.3 Å². The Balaban J connectivity index is 1.97. The lowest BCUT2D eigenvalue weighted by Gasteiger charge is -2.06. The van der Waals surface area contributed by atoms with Gasteiger partial charge in [-0.25, -0.2) is 4.98 Å². The van der Waals surface area contributed by atoms with Crippen LogP contribution >= 0.6 is 11.3 Å². The molecule has 0 bridgehead atoms. The van der Waals surface area contributed by atoms with E-state index >= 15 is 0 Å². The summed E-state index contributed by atoms with van der Waals surface area (Å²) in [5.41, 5.74) is 0. The minimum atomic E-state index is 1.03. The molecular formula is C12H17N3S. The number of hydrogen-bond acceptors (Lipinski definition) is 3. The van der Waals surface area contributed by atoms with Gasteiger partial charge in [-0.05, 0) is 31.0 Å². The molecule has 0 aliphatic rings. The minimum absolute atomic E-state index is 1.03. The van der Waals surface area contributed by atoms with Crippen LogP contribution in [-0.4, -0.2) is 22.6 Å². The summed E-state index contributed by atoms with van der Waals surface area (Å²) in [5, 5.41) is 5.42. The van der Waals surface area contributed by atoms with Gasteiger partial charge in [-0.1, -0.05) is 13.0 Å². The number of rotatable bonds is 6. The highest BCUT2D eigenvalue weighted by Gasteiger charge is 2.05. The lowest BCUT2D eigenvalue weighted by atomic mass is 10.4. The van der Waals surface area contributed by atoms with Gasteiger partial charge in [0.05, 0.1) is 4.88 Å². The van der Waals surface area contributed by atoms with E-state index < -0.39 is 0 Å². The molecule has 0 unspecified atom stereocenters. The number of aromatic nitrogens is 2. The summed E-state index contributed by atoms with van der Waals surface area (Å²) >= 11 is 1.74. The van der Waals surface area contributed by atoms with E-state index in [1.165, 1.54) is 4.88 Å². The molecule has 2 aromatic heterocycles. The SMILES string of the molecule is CCNCCCn1ccnc1-c1cccs1. The molecule has 0 spiro atoms. The maximum atomic E-state index is 4.41. The summed E-state index contributed by atoms with van der Waals surface area (Å²) in [6.45, 7) is 5.27. The Kier molecular flexibility index (Phi) is 4.13. The molecule has 86 valence electrons. The third-order valence-corrected chi connectivity index (χ3v) is 3.33. The Morgan fingerprint density at radius 3 is 3.19 bits per heavy atom. The maximum Gasteiger partial charge on any atom is 0.149 e. The molecule has 4 heteroatoms. The Morgan fingerprint density at radius 2 is 2.44 bits per heavy atom. The summed E-state index contributed by atoms with van der Waals surface area (Å²) in [5.74, 6) is 1.09. The van der Waals surface area contributed by atoms with Gasteiger partial charge in [0.15, 0.2) is 0 Å². The normalized spacial score (nSPS) is 10.8. The van der Waals surface area contributed by atoms with E-state index in [4.69, 9.17) is 0 Å². The second kappa shape index (κ2) is 5.82. The van der Waals surface area contributed by atoms with E-state index in [1.807, 2.05) is 6.20 Å². The fraction of sp³-hybridized carbons (Fsp3) is 0.417. The minimum Gasteiger partial charge on any atom is -0.330 e. The first-order valence-corrected chi connectivity index (χ1v) is 6.55. The van der Waals surface area contributed by atoms with Gasteiger partial charge in [-0.15, -0.1) is 11.3 Å². The molecule has 1 N–H and O–H groups in total. The molecule has 0 radical (unpaired) electrons. The van der Waals surface area contributed by atoms with Crippen molar-refractivity contribution < 1.29 is 0 Å². The maximum absolute atomic E-state index is 4.41. The molecule has 0 amide bonds. The Hall–Kier alpha value is -1.13. The average Bonchev–Trinajstić information content (AvgIpc) is 2.94. The van der Waals surface area contributed by atoms with Crippen LogP contribution in [0.25, 0.3) is 10.7 Å². The van der Waals surface area contributed by atoms with Crippen LogP contribution in [0.4, 0.5) is 0 Å².